The number of nitrogens with zero attached hydrogens (tertiary/aromatic N) is 4. The molecule has 0 saturated carbocycles. The van der Waals surface area contributed by atoms with Gasteiger partial charge in [-0.25, -0.2) is 13.8 Å². The van der Waals surface area contributed by atoms with Crippen LogP contribution in [0.4, 0.5) is 8.78 Å². The molecule has 0 bridgehead atoms. The maximum absolute atomic E-state index is 13.1. The maximum Gasteiger partial charge on any atom is 0.261 e. The van der Waals surface area contributed by atoms with Crippen LogP contribution in [-0.2, 0) is 13.1 Å². The van der Waals surface area contributed by atoms with E-state index in [1.807, 2.05) is 0 Å². The van der Waals surface area contributed by atoms with E-state index < -0.39 is 18.5 Å². The molecular weight excluding hydrogens is 342 g/mol. The van der Waals surface area contributed by atoms with Crippen LogP contribution in [0.3, 0.4) is 0 Å². The average Bonchev–Trinajstić information content (AvgIpc) is 3.29. The lowest BCUT2D eigenvalue weighted by molar-refractivity contribution is 0.119. The lowest BCUT2D eigenvalue weighted by Crippen LogP contribution is -2.33. The summed E-state index contributed by atoms with van der Waals surface area (Å²) < 4.78 is 32.6. The number of benzene rings is 1. The SMILES string of the molecule is O=c1c2ccccc2nc(C2CCCN2Cc2ccno2)n1CC(F)F. The van der Waals surface area contributed by atoms with Crippen molar-refractivity contribution >= 4 is 10.9 Å². The highest BCUT2D eigenvalue weighted by atomic mass is 19.3. The van der Waals surface area contributed by atoms with Gasteiger partial charge in [0, 0.05) is 6.07 Å². The normalized spacial score (nSPS) is 18.2. The fourth-order valence-electron chi connectivity index (χ4n) is 3.59. The Labute approximate surface area is 148 Å². The quantitative estimate of drug-likeness (QED) is 0.700. The van der Waals surface area contributed by atoms with E-state index in [2.05, 4.69) is 15.0 Å². The van der Waals surface area contributed by atoms with Gasteiger partial charge in [-0.15, -0.1) is 0 Å². The van der Waals surface area contributed by atoms with E-state index in [4.69, 9.17) is 4.52 Å². The van der Waals surface area contributed by atoms with E-state index in [0.717, 1.165) is 24.0 Å². The molecule has 2 aromatic heterocycles. The molecule has 4 rings (SSSR count). The second-order valence-corrected chi connectivity index (χ2v) is 6.40. The molecule has 1 atom stereocenters. The van der Waals surface area contributed by atoms with Gasteiger partial charge < -0.3 is 4.52 Å². The van der Waals surface area contributed by atoms with Crippen LogP contribution in [0.1, 0.15) is 30.5 Å². The minimum atomic E-state index is -2.63. The van der Waals surface area contributed by atoms with Gasteiger partial charge in [-0.05, 0) is 31.5 Å². The van der Waals surface area contributed by atoms with E-state index in [-0.39, 0.29) is 6.04 Å². The van der Waals surface area contributed by atoms with Gasteiger partial charge in [0.2, 0.25) is 0 Å². The number of hydrogen-bond donors (Lipinski definition) is 0. The molecule has 0 aliphatic carbocycles. The van der Waals surface area contributed by atoms with Crippen LogP contribution in [0.2, 0.25) is 0 Å². The number of likely N-dealkylation sites (tertiary alicyclic amines) is 1. The van der Waals surface area contributed by atoms with Crippen molar-refractivity contribution in [2.45, 2.75) is 38.4 Å². The summed E-state index contributed by atoms with van der Waals surface area (Å²) in [4.78, 5) is 19.5. The third kappa shape index (κ3) is 3.12. The zero-order chi connectivity index (χ0) is 18.1. The number of rotatable bonds is 5. The lowest BCUT2D eigenvalue weighted by Gasteiger charge is -2.25. The van der Waals surface area contributed by atoms with Gasteiger partial charge in [0.05, 0.1) is 36.2 Å². The highest BCUT2D eigenvalue weighted by Crippen LogP contribution is 2.32. The Hall–Kier alpha value is -2.61. The number of aromatic nitrogens is 3. The third-order valence-corrected chi connectivity index (χ3v) is 4.72. The summed E-state index contributed by atoms with van der Waals surface area (Å²) in [7, 11) is 0. The van der Waals surface area contributed by atoms with Crippen LogP contribution in [0.15, 0.2) is 45.8 Å². The first-order valence-corrected chi connectivity index (χ1v) is 8.54. The molecule has 1 aliphatic rings. The van der Waals surface area contributed by atoms with Gasteiger partial charge in [0.25, 0.3) is 12.0 Å². The summed E-state index contributed by atoms with van der Waals surface area (Å²) in [5.41, 5.74) is 0.113. The summed E-state index contributed by atoms with van der Waals surface area (Å²) in [6, 6.07) is 8.42. The molecule has 8 heteroatoms. The second-order valence-electron chi connectivity index (χ2n) is 6.40. The van der Waals surface area contributed by atoms with Gasteiger partial charge in [0.1, 0.15) is 5.82 Å². The Bertz CT molecular complexity index is 955. The summed E-state index contributed by atoms with van der Waals surface area (Å²) in [6.45, 7) is 0.628. The van der Waals surface area contributed by atoms with Crippen molar-refractivity contribution in [2.24, 2.45) is 0 Å². The van der Waals surface area contributed by atoms with Gasteiger partial charge in [-0.1, -0.05) is 17.3 Å². The van der Waals surface area contributed by atoms with Crippen molar-refractivity contribution < 1.29 is 13.3 Å². The van der Waals surface area contributed by atoms with Gasteiger partial charge >= 0.3 is 0 Å². The molecule has 3 heterocycles. The largest absolute Gasteiger partial charge is 0.360 e. The Balaban J connectivity index is 1.79. The van der Waals surface area contributed by atoms with Gasteiger partial charge in [-0.3, -0.25) is 14.3 Å². The molecule has 0 radical (unpaired) electrons. The smallest absolute Gasteiger partial charge is 0.261 e. The summed E-state index contributed by atoms with van der Waals surface area (Å²) >= 11 is 0. The molecule has 0 amide bonds. The summed E-state index contributed by atoms with van der Waals surface area (Å²) in [5.74, 6) is 1.09. The van der Waals surface area contributed by atoms with Crippen LogP contribution < -0.4 is 5.56 Å². The topological polar surface area (TPSA) is 64.2 Å². The molecule has 1 fully saturated rings. The van der Waals surface area contributed by atoms with Crippen molar-refractivity contribution in [2.75, 3.05) is 6.54 Å². The molecule has 6 nitrogen and oxygen atoms in total. The minimum Gasteiger partial charge on any atom is -0.360 e. The molecule has 3 aromatic rings. The van der Waals surface area contributed by atoms with Crippen molar-refractivity contribution in [3.8, 4) is 0 Å². The van der Waals surface area contributed by atoms with Gasteiger partial charge in [0.15, 0.2) is 5.76 Å². The molecule has 0 N–H and O–H groups in total. The molecule has 136 valence electrons. The molecule has 26 heavy (non-hydrogen) atoms. The van der Waals surface area contributed by atoms with E-state index in [0.29, 0.717) is 29.0 Å². The third-order valence-electron chi connectivity index (χ3n) is 4.72. The first-order chi connectivity index (χ1) is 12.6. The van der Waals surface area contributed by atoms with Crippen molar-refractivity contribution in [1.29, 1.82) is 0 Å². The standard InChI is InChI=1S/C18H18F2N4O2/c19-16(20)11-24-17(22-14-5-2-1-4-13(14)18(24)25)15-6-3-9-23(15)10-12-7-8-21-26-12/h1-2,4-5,7-8,15-16H,3,6,9-11H2. The molecule has 1 saturated heterocycles. The fourth-order valence-corrected chi connectivity index (χ4v) is 3.59. The van der Waals surface area contributed by atoms with Crippen LogP contribution in [-0.4, -0.2) is 32.6 Å². The zero-order valence-electron chi connectivity index (χ0n) is 14.0. The van der Waals surface area contributed by atoms with E-state index in [9.17, 15) is 13.6 Å². The van der Waals surface area contributed by atoms with Crippen molar-refractivity contribution in [3.05, 3.63) is 58.5 Å². The summed E-state index contributed by atoms with van der Waals surface area (Å²) in [5, 5.41) is 4.06. The number of fused-ring (bicyclic) bond motifs is 1. The van der Waals surface area contributed by atoms with E-state index in [1.54, 1.807) is 36.5 Å². The van der Waals surface area contributed by atoms with Crippen molar-refractivity contribution in [3.63, 3.8) is 0 Å². The maximum atomic E-state index is 13.1. The molecular formula is C18H18F2N4O2. The van der Waals surface area contributed by atoms with Crippen molar-refractivity contribution in [1.82, 2.24) is 19.6 Å². The summed E-state index contributed by atoms with van der Waals surface area (Å²) in [6.07, 6.45) is 0.596. The molecule has 1 aromatic carbocycles. The Morgan fingerprint density at radius 3 is 2.88 bits per heavy atom. The molecule has 1 aliphatic heterocycles. The Kier molecular flexibility index (Phi) is 4.50. The van der Waals surface area contributed by atoms with E-state index >= 15 is 0 Å². The highest BCUT2D eigenvalue weighted by molar-refractivity contribution is 5.77. The zero-order valence-corrected chi connectivity index (χ0v) is 14.0. The fraction of sp³-hybridized carbons (Fsp3) is 0.389. The number of halogens is 2. The number of para-hydroxylation sites is 1. The van der Waals surface area contributed by atoms with Gasteiger partial charge in [-0.2, -0.15) is 0 Å². The Morgan fingerprint density at radius 2 is 2.12 bits per heavy atom. The first kappa shape index (κ1) is 16.8. The Morgan fingerprint density at radius 1 is 1.27 bits per heavy atom. The van der Waals surface area contributed by atoms with Crippen LogP contribution >= 0.6 is 0 Å². The highest BCUT2D eigenvalue weighted by Gasteiger charge is 2.31. The minimum absolute atomic E-state index is 0.212. The number of alkyl halides is 2. The van der Waals surface area contributed by atoms with Crippen LogP contribution in [0, 0.1) is 0 Å². The van der Waals surface area contributed by atoms with Crippen LogP contribution in [0.25, 0.3) is 10.9 Å². The average molecular weight is 360 g/mol. The molecule has 1 unspecified atom stereocenters. The first-order valence-electron chi connectivity index (χ1n) is 8.54. The van der Waals surface area contributed by atoms with Crippen LogP contribution in [0.5, 0.6) is 0 Å². The molecule has 0 spiro atoms. The lowest BCUT2D eigenvalue weighted by atomic mass is 10.1. The monoisotopic (exact) mass is 360 g/mol. The predicted molar refractivity (Wildman–Crippen MR) is 90.9 cm³/mol. The predicted octanol–water partition coefficient (Wildman–Crippen LogP) is 2.99. The number of hydrogen-bond acceptors (Lipinski definition) is 5. The van der Waals surface area contributed by atoms with E-state index in [1.165, 1.54) is 0 Å². The second kappa shape index (κ2) is 6.95.